The smallest absolute Gasteiger partial charge is 0.198 e. The highest BCUT2D eigenvalue weighted by atomic mass is 16.3. The average Bonchev–Trinajstić information content (AvgIpc) is 2.79. The van der Waals surface area contributed by atoms with E-state index in [0.29, 0.717) is 6.42 Å². The Kier molecular flexibility index (Phi) is 8.46. The van der Waals surface area contributed by atoms with E-state index in [2.05, 4.69) is 6.92 Å². The fourth-order valence-corrected chi connectivity index (χ4v) is 4.48. The molecule has 1 aromatic carbocycles. The molecule has 0 heterocycles. The third-order valence-electron chi connectivity index (χ3n) is 6.33. The fraction of sp³-hybridized carbons (Fsp3) is 0.481. The molecule has 2 aliphatic rings. The van der Waals surface area contributed by atoms with Crippen molar-refractivity contribution in [2.45, 2.75) is 83.7 Å². The second-order valence-corrected chi connectivity index (χ2v) is 8.73. The van der Waals surface area contributed by atoms with E-state index in [-0.39, 0.29) is 21.6 Å². The van der Waals surface area contributed by atoms with Gasteiger partial charge in [-0.1, -0.05) is 95.4 Å². The molecule has 3 rings (SSSR count). The number of benzene rings is 1. The van der Waals surface area contributed by atoms with Crippen molar-refractivity contribution < 1.29 is 5.11 Å². The molecule has 0 fully saturated rings. The first-order valence-corrected chi connectivity index (χ1v) is 11.9. The van der Waals surface area contributed by atoms with Crippen LogP contribution in [0.5, 0.6) is 0 Å². The summed E-state index contributed by atoms with van der Waals surface area (Å²) in [5, 5.41) is 10.1. The molecule has 0 saturated carbocycles. The first-order valence-electron chi connectivity index (χ1n) is 11.9. The van der Waals surface area contributed by atoms with Crippen molar-refractivity contribution in [1.82, 2.24) is 0 Å². The van der Waals surface area contributed by atoms with Gasteiger partial charge in [0.25, 0.3) is 0 Å². The standard InChI is InChI=1S/C27H32O5/c1-2-3-4-5-6-7-8-9-10-11-16-21(28)20-17-22(29)23-24(27(20)32)26(31)19-15-13-12-14-18(19)25(23)30/h12-15,17,21,28H,2-11,16H2,1H3. The van der Waals surface area contributed by atoms with E-state index in [0.717, 1.165) is 31.7 Å². The van der Waals surface area contributed by atoms with Crippen molar-refractivity contribution in [2.24, 2.45) is 0 Å². The van der Waals surface area contributed by atoms with Crippen LogP contribution in [0.3, 0.4) is 0 Å². The van der Waals surface area contributed by atoms with Crippen LogP contribution in [-0.2, 0) is 0 Å². The van der Waals surface area contributed by atoms with E-state index < -0.39 is 33.0 Å². The lowest BCUT2D eigenvalue weighted by molar-refractivity contribution is 0.162. The molecule has 1 unspecified atom stereocenters. The average molecular weight is 437 g/mol. The quantitative estimate of drug-likeness (QED) is 0.429. The number of hydrogen-bond acceptors (Lipinski definition) is 5. The van der Waals surface area contributed by atoms with E-state index in [1.807, 2.05) is 0 Å². The largest absolute Gasteiger partial charge is 0.388 e. The first kappa shape index (κ1) is 24.0. The second-order valence-electron chi connectivity index (χ2n) is 8.73. The lowest BCUT2D eigenvalue weighted by Gasteiger charge is -2.10. The van der Waals surface area contributed by atoms with Gasteiger partial charge in [0.05, 0.1) is 16.5 Å². The molecule has 2 aliphatic carbocycles. The van der Waals surface area contributed by atoms with Crippen LogP contribution in [-0.4, -0.2) is 5.11 Å². The first-order chi connectivity index (χ1) is 15.5. The third-order valence-corrected chi connectivity index (χ3v) is 6.33. The maximum Gasteiger partial charge on any atom is 0.198 e. The third kappa shape index (κ3) is 5.21. The van der Waals surface area contributed by atoms with Crippen molar-refractivity contribution in [3.63, 3.8) is 0 Å². The highest BCUT2D eigenvalue weighted by molar-refractivity contribution is 5.82. The predicted octanol–water partition coefficient (Wildman–Crippen LogP) is 4.23. The Balaban J connectivity index is 1.70. The van der Waals surface area contributed by atoms with Gasteiger partial charge in [-0.25, -0.2) is 0 Å². The molecule has 0 radical (unpaired) electrons. The van der Waals surface area contributed by atoms with Crippen molar-refractivity contribution in [1.29, 1.82) is 0 Å². The summed E-state index contributed by atoms with van der Waals surface area (Å²) in [6.45, 7) is 2.21. The highest BCUT2D eigenvalue weighted by Gasteiger charge is 2.19. The zero-order valence-corrected chi connectivity index (χ0v) is 18.8. The molecule has 5 nitrogen and oxygen atoms in total. The SMILES string of the molecule is CCCCCCCCCCCCC(O)c1cc(=O)c2c(=O)c3ccccc3c(=O)c=2c1=O. The Morgan fingerprint density at radius 2 is 1.19 bits per heavy atom. The molecule has 0 aliphatic heterocycles. The van der Waals surface area contributed by atoms with E-state index in [4.69, 9.17) is 0 Å². The topological polar surface area (TPSA) is 88.5 Å². The molecule has 0 amide bonds. The molecule has 1 N–H and O–H groups in total. The van der Waals surface area contributed by atoms with Crippen LogP contribution < -0.4 is 21.7 Å². The van der Waals surface area contributed by atoms with Crippen molar-refractivity contribution in [3.8, 4) is 0 Å². The lowest BCUT2D eigenvalue weighted by atomic mass is 9.97. The Morgan fingerprint density at radius 3 is 1.75 bits per heavy atom. The maximum atomic E-state index is 13.0. The predicted molar refractivity (Wildman–Crippen MR) is 128 cm³/mol. The lowest BCUT2D eigenvalue weighted by Crippen LogP contribution is -2.31. The van der Waals surface area contributed by atoms with Crippen LogP contribution in [0.2, 0.25) is 0 Å². The van der Waals surface area contributed by atoms with Crippen molar-refractivity contribution in [3.05, 3.63) is 87.2 Å². The minimum atomic E-state index is -1.12. The zero-order valence-electron chi connectivity index (χ0n) is 18.8. The number of rotatable bonds is 12. The number of hydrogen-bond donors (Lipinski definition) is 1. The number of aliphatic hydroxyl groups is 1. The van der Waals surface area contributed by atoms with E-state index in [1.165, 1.54) is 50.7 Å². The number of fused-ring (bicyclic) bond motifs is 1. The second kappa shape index (κ2) is 11.3. The number of aliphatic hydroxyl groups excluding tert-OH is 1. The molecule has 1 atom stereocenters. The van der Waals surface area contributed by atoms with Crippen LogP contribution in [0.4, 0.5) is 0 Å². The zero-order chi connectivity index (χ0) is 23.1. The van der Waals surface area contributed by atoms with Crippen LogP contribution in [0.1, 0.15) is 89.2 Å². The van der Waals surface area contributed by atoms with Gasteiger partial charge in [0.1, 0.15) is 0 Å². The maximum absolute atomic E-state index is 13.0. The summed E-state index contributed by atoms with van der Waals surface area (Å²) in [5.41, 5.74) is -2.68. The van der Waals surface area contributed by atoms with Crippen molar-refractivity contribution >= 4 is 10.8 Å². The van der Waals surface area contributed by atoms with E-state index >= 15 is 0 Å². The summed E-state index contributed by atoms with van der Waals surface area (Å²) in [7, 11) is 0. The molecule has 0 spiro atoms. The summed E-state index contributed by atoms with van der Waals surface area (Å²) >= 11 is 0. The Morgan fingerprint density at radius 1 is 0.688 bits per heavy atom. The van der Waals surface area contributed by atoms with E-state index in [9.17, 15) is 24.3 Å². The molecule has 5 heteroatoms. The molecule has 32 heavy (non-hydrogen) atoms. The van der Waals surface area contributed by atoms with Gasteiger partial charge in [0.2, 0.25) is 0 Å². The molecular weight excluding hydrogens is 404 g/mol. The van der Waals surface area contributed by atoms with Crippen LogP contribution in [0.25, 0.3) is 10.8 Å². The van der Waals surface area contributed by atoms with Gasteiger partial charge >= 0.3 is 0 Å². The van der Waals surface area contributed by atoms with E-state index in [1.54, 1.807) is 12.1 Å². The Hall–Kier alpha value is -2.66. The molecule has 0 aromatic heterocycles. The van der Waals surface area contributed by atoms with Gasteiger partial charge in [0.15, 0.2) is 21.7 Å². The summed E-state index contributed by atoms with van der Waals surface area (Å²) in [6, 6.07) is 7.23. The van der Waals surface area contributed by atoms with Crippen LogP contribution in [0.15, 0.2) is 49.5 Å². The van der Waals surface area contributed by atoms with Gasteiger partial charge < -0.3 is 5.11 Å². The molecule has 1 aromatic rings. The summed E-state index contributed by atoms with van der Waals surface area (Å²) in [5.74, 6) is 0. The molecular formula is C27H32O5. The normalized spacial score (nSPS) is 12.6. The molecule has 0 saturated heterocycles. The minimum Gasteiger partial charge on any atom is -0.388 e. The van der Waals surface area contributed by atoms with Crippen molar-refractivity contribution in [2.75, 3.05) is 0 Å². The summed E-state index contributed by atoms with van der Waals surface area (Å²) < 4.78 is 0. The van der Waals surface area contributed by atoms with Gasteiger partial charge in [0, 0.05) is 16.3 Å². The minimum absolute atomic E-state index is 0.0785. The highest BCUT2D eigenvalue weighted by Crippen LogP contribution is 2.18. The van der Waals surface area contributed by atoms with Gasteiger partial charge in [-0.15, -0.1) is 0 Å². The molecule has 170 valence electrons. The monoisotopic (exact) mass is 436 g/mol. The van der Waals surface area contributed by atoms with Gasteiger partial charge in [-0.2, -0.15) is 0 Å². The summed E-state index contributed by atoms with van der Waals surface area (Å²) in [6.07, 6.45) is 10.8. The van der Waals surface area contributed by atoms with Crippen LogP contribution >= 0.6 is 0 Å². The van der Waals surface area contributed by atoms with Crippen LogP contribution in [0, 0.1) is 10.4 Å². The Labute approximate surface area is 187 Å². The summed E-state index contributed by atoms with van der Waals surface area (Å²) in [4.78, 5) is 51.2. The fourth-order valence-electron chi connectivity index (χ4n) is 4.48. The molecule has 0 bridgehead atoms. The number of unbranched alkanes of at least 4 members (excludes halogenated alkanes) is 9. The van der Waals surface area contributed by atoms with Gasteiger partial charge in [-0.3, -0.25) is 19.2 Å². The Bertz CT molecular complexity index is 1320. The van der Waals surface area contributed by atoms with Gasteiger partial charge in [-0.05, 0) is 12.5 Å².